The molecule has 0 atom stereocenters. The molecule has 0 saturated carbocycles. The molecule has 2 rings (SSSR count). The first kappa shape index (κ1) is 17.7. The molecule has 0 radical (unpaired) electrons. The summed E-state index contributed by atoms with van der Waals surface area (Å²) in [5, 5.41) is 6.61. The quantitative estimate of drug-likeness (QED) is 0.754. The van der Waals surface area contributed by atoms with E-state index in [0.717, 1.165) is 23.2 Å². The zero-order valence-corrected chi connectivity index (χ0v) is 14.9. The van der Waals surface area contributed by atoms with Crippen LogP contribution in [0.3, 0.4) is 0 Å². The highest BCUT2D eigenvalue weighted by atomic mass is 16.1. The van der Waals surface area contributed by atoms with Crippen molar-refractivity contribution in [3.63, 3.8) is 0 Å². The van der Waals surface area contributed by atoms with Crippen LogP contribution in [0.4, 0.5) is 17.5 Å². The monoisotopic (exact) mass is 327 g/mol. The third-order valence-electron chi connectivity index (χ3n) is 4.16. The average molecular weight is 327 g/mol. The van der Waals surface area contributed by atoms with Crippen molar-refractivity contribution in [3.05, 3.63) is 41.1 Å². The number of carbonyl (C=O) groups is 1. The Balaban J connectivity index is 2.33. The van der Waals surface area contributed by atoms with Gasteiger partial charge in [-0.2, -0.15) is 4.98 Å². The number of nitrogens with one attached hydrogen (secondary N) is 2. The molecule has 1 aromatic heterocycles. The number of nitrogens with zero attached hydrogens (tertiary/aromatic N) is 2. The molecule has 0 aliphatic rings. The lowest BCUT2D eigenvalue weighted by Gasteiger charge is -2.24. The lowest BCUT2D eigenvalue weighted by molar-refractivity contribution is 0.1000. The molecule has 24 heavy (non-hydrogen) atoms. The van der Waals surface area contributed by atoms with E-state index >= 15 is 0 Å². The molecule has 0 spiro atoms. The first-order valence-corrected chi connectivity index (χ1v) is 8.02. The minimum atomic E-state index is -0.442. The van der Waals surface area contributed by atoms with Crippen molar-refractivity contribution < 1.29 is 4.79 Å². The van der Waals surface area contributed by atoms with Crippen molar-refractivity contribution in [2.45, 2.75) is 46.6 Å². The Bertz CT molecular complexity index is 755. The second-order valence-corrected chi connectivity index (χ2v) is 6.56. The van der Waals surface area contributed by atoms with E-state index in [-0.39, 0.29) is 5.54 Å². The predicted octanol–water partition coefficient (Wildman–Crippen LogP) is 3.54. The Labute approximate surface area is 142 Å². The predicted molar refractivity (Wildman–Crippen MR) is 97.7 cm³/mol. The van der Waals surface area contributed by atoms with Gasteiger partial charge in [-0.15, -0.1) is 0 Å². The van der Waals surface area contributed by atoms with Crippen LogP contribution in [0.15, 0.2) is 24.4 Å². The van der Waals surface area contributed by atoms with Gasteiger partial charge < -0.3 is 16.4 Å². The molecule has 1 heterocycles. The zero-order valence-electron chi connectivity index (χ0n) is 14.9. The molecule has 2 aromatic rings. The smallest absolute Gasteiger partial charge is 0.249 e. The van der Waals surface area contributed by atoms with Gasteiger partial charge in [0, 0.05) is 28.6 Å². The highest BCUT2D eigenvalue weighted by Crippen LogP contribution is 2.25. The van der Waals surface area contributed by atoms with E-state index in [9.17, 15) is 4.79 Å². The van der Waals surface area contributed by atoms with E-state index < -0.39 is 5.91 Å². The SMILES string of the molecule is CCC(C)(C)Nc1ncc(C)c(Nc2cccc(C(N)=O)c2C)n1. The minimum absolute atomic E-state index is 0.0890. The topological polar surface area (TPSA) is 92.9 Å². The van der Waals surface area contributed by atoms with E-state index in [2.05, 4.69) is 41.4 Å². The Morgan fingerprint density at radius 3 is 2.62 bits per heavy atom. The van der Waals surface area contributed by atoms with Gasteiger partial charge in [0.15, 0.2) is 0 Å². The maximum atomic E-state index is 11.5. The lowest BCUT2D eigenvalue weighted by Crippen LogP contribution is -2.30. The van der Waals surface area contributed by atoms with E-state index in [1.807, 2.05) is 19.9 Å². The van der Waals surface area contributed by atoms with Crippen molar-refractivity contribution >= 4 is 23.4 Å². The van der Waals surface area contributed by atoms with Crippen molar-refractivity contribution in [2.24, 2.45) is 5.73 Å². The number of rotatable bonds is 6. The molecule has 0 fully saturated rings. The van der Waals surface area contributed by atoms with E-state index in [0.29, 0.717) is 17.3 Å². The maximum absolute atomic E-state index is 11.5. The van der Waals surface area contributed by atoms with Crippen LogP contribution in [0, 0.1) is 13.8 Å². The van der Waals surface area contributed by atoms with Crippen LogP contribution in [-0.2, 0) is 0 Å². The van der Waals surface area contributed by atoms with E-state index in [1.54, 1.807) is 18.3 Å². The zero-order chi connectivity index (χ0) is 17.9. The standard InChI is InChI=1S/C18H25N5O/c1-6-18(4,5)23-17-20-10-11(2)16(22-17)21-14-9-7-8-13(12(14)3)15(19)24/h7-10H,6H2,1-5H3,(H2,19,24)(H2,20,21,22,23). The van der Waals surface area contributed by atoms with Crippen LogP contribution in [-0.4, -0.2) is 21.4 Å². The van der Waals surface area contributed by atoms with Crippen LogP contribution in [0.1, 0.15) is 48.7 Å². The summed E-state index contributed by atoms with van der Waals surface area (Å²) in [6.45, 7) is 10.1. The number of benzene rings is 1. The van der Waals surface area contributed by atoms with Gasteiger partial charge in [0.2, 0.25) is 11.9 Å². The van der Waals surface area contributed by atoms with Crippen LogP contribution in [0.25, 0.3) is 0 Å². The third kappa shape index (κ3) is 4.01. The van der Waals surface area contributed by atoms with Crippen LogP contribution in [0.2, 0.25) is 0 Å². The highest BCUT2D eigenvalue weighted by molar-refractivity contribution is 5.96. The second kappa shape index (κ2) is 6.86. The fraction of sp³-hybridized carbons (Fsp3) is 0.389. The average Bonchev–Trinajstić information content (AvgIpc) is 2.52. The number of aromatic nitrogens is 2. The molecular formula is C18H25N5O. The molecule has 6 heteroatoms. The second-order valence-electron chi connectivity index (χ2n) is 6.56. The van der Waals surface area contributed by atoms with Crippen molar-refractivity contribution in [1.29, 1.82) is 0 Å². The number of carbonyl (C=O) groups excluding carboxylic acids is 1. The van der Waals surface area contributed by atoms with Gasteiger partial charge in [0.1, 0.15) is 5.82 Å². The van der Waals surface area contributed by atoms with Gasteiger partial charge in [-0.3, -0.25) is 4.79 Å². The van der Waals surface area contributed by atoms with Gasteiger partial charge in [-0.25, -0.2) is 4.98 Å². The summed E-state index contributed by atoms with van der Waals surface area (Å²) in [4.78, 5) is 20.4. The summed E-state index contributed by atoms with van der Waals surface area (Å²) in [5.41, 5.74) is 8.33. The summed E-state index contributed by atoms with van der Waals surface area (Å²) in [6, 6.07) is 5.41. The van der Waals surface area contributed by atoms with Gasteiger partial charge in [-0.05, 0) is 51.8 Å². The largest absolute Gasteiger partial charge is 0.366 e. The lowest BCUT2D eigenvalue weighted by atomic mass is 10.0. The van der Waals surface area contributed by atoms with Crippen molar-refractivity contribution in [2.75, 3.05) is 10.6 Å². The Morgan fingerprint density at radius 1 is 1.29 bits per heavy atom. The van der Waals surface area contributed by atoms with Crippen LogP contribution < -0.4 is 16.4 Å². The first-order valence-electron chi connectivity index (χ1n) is 8.02. The van der Waals surface area contributed by atoms with Gasteiger partial charge in [0.05, 0.1) is 0 Å². The normalized spacial score (nSPS) is 11.2. The summed E-state index contributed by atoms with van der Waals surface area (Å²) in [5.74, 6) is 0.824. The number of primary amides is 1. The molecule has 0 unspecified atom stereocenters. The molecule has 4 N–H and O–H groups in total. The first-order chi connectivity index (χ1) is 11.2. The number of amides is 1. The van der Waals surface area contributed by atoms with Crippen molar-refractivity contribution in [3.8, 4) is 0 Å². The van der Waals surface area contributed by atoms with Gasteiger partial charge in [0.25, 0.3) is 0 Å². The fourth-order valence-corrected chi connectivity index (χ4v) is 2.19. The summed E-state index contributed by atoms with van der Waals surface area (Å²) >= 11 is 0. The molecule has 0 aliphatic carbocycles. The molecule has 1 aromatic carbocycles. The molecule has 0 aliphatic heterocycles. The van der Waals surface area contributed by atoms with Crippen LogP contribution in [0.5, 0.6) is 0 Å². The maximum Gasteiger partial charge on any atom is 0.249 e. The number of nitrogens with two attached hydrogens (primary N) is 1. The Kier molecular flexibility index (Phi) is 5.07. The molecule has 128 valence electrons. The molecular weight excluding hydrogens is 302 g/mol. The summed E-state index contributed by atoms with van der Waals surface area (Å²) in [7, 11) is 0. The van der Waals surface area contributed by atoms with E-state index in [4.69, 9.17) is 5.73 Å². The van der Waals surface area contributed by atoms with Gasteiger partial charge in [-0.1, -0.05) is 13.0 Å². The summed E-state index contributed by atoms with van der Waals surface area (Å²) < 4.78 is 0. The molecule has 1 amide bonds. The molecule has 6 nitrogen and oxygen atoms in total. The number of hydrogen-bond donors (Lipinski definition) is 3. The number of hydrogen-bond acceptors (Lipinski definition) is 5. The third-order valence-corrected chi connectivity index (χ3v) is 4.16. The summed E-state index contributed by atoms with van der Waals surface area (Å²) in [6.07, 6.45) is 2.73. The number of aryl methyl sites for hydroxylation is 1. The number of anilines is 3. The van der Waals surface area contributed by atoms with Crippen LogP contribution >= 0.6 is 0 Å². The fourth-order valence-electron chi connectivity index (χ4n) is 2.19. The minimum Gasteiger partial charge on any atom is -0.366 e. The molecule has 0 bridgehead atoms. The molecule has 0 saturated heterocycles. The van der Waals surface area contributed by atoms with Gasteiger partial charge >= 0.3 is 0 Å². The Hall–Kier alpha value is -2.63. The van der Waals surface area contributed by atoms with Crippen molar-refractivity contribution in [1.82, 2.24) is 9.97 Å². The Morgan fingerprint density at radius 2 is 2.00 bits per heavy atom. The van der Waals surface area contributed by atoms with E-state index in [1.165, 1.54) is 0 Å². The highest BCUT2D eigenvalue weighted by Gasteiger charge is 2.17.